The number of fused-ring (bicyclic) bond motifs is 1. The molecule has 1 N–H and O–H groups in total. The maximum Gasteiger partial charge on any atom is 0.263 e. The van der Waals surface area contributed by atoms with E-state index in [-0.39, 0.29) is 23.0 Å². The first kappa shape index (κ1) is 13.5. The Hall–Kier alpha value is -3.15. The van der Waals surface area contributed by atoms with Gasteiger partial charge in [0, 0.05) is 5.92 Å². The lowest BCUT2D eigenvalue weighted by Crippen LogP contribution is -2.29. The largest absolute Gasteiger partial charge is 0.312 e. The van der Waals surface area contributed by atoms with Crippen molar-refractivity contribution in [2.75, 3.05) is 0 Å². The van der Waals surface area contributed by atoms with Crippen molar-refractivity contribution in [2.24, 2.45) is 0 Å². The van der Waals surface area contributed by atoms with E-state index in [0.717, 1.165) is 25.2 Å². The molecule has 1 fully saturated rings. The quantitative estimate of drug-likeness (QED) is 0.756. The van der Waals surface area contributed by atoms with E-state index in [1.807, 2.05) is 6.07 Å². The molecule has 114 valence electrons. The van der Waals surface area contributed by atoms with Crippen molar-refractivity contribution in [3.8, 4) is 6.07 Å². The minimum absolute atomic E-state index is 0.0417. The van der Waals surface area contributed by atoms with Crippen molar-refractivity contribution in [2.45, 2.75) is 24.8 Å². The molecular formula is C14H10FN7O. The van der Waals surface area contributed by atoms with Crippen LogP contribution >= 0.6 is 0 Å². The van der Waals surface area contributed by atoms with Crippen molar-refractivity contribution in [3.63, 3.8) is 0 Å². The van der Waals surface area contributed by atoms with Gasteiger partial charge >= 0.3 is 0 Å². The lowest BCUT2D eigenvalue weighted by atomic mass is 9.79. The van der Waals surface area contributed by atoms with Crippen LogP contribution in [-0.4, -0.2) is 29.7 Å². The summed E-state index contributed by atoms with van der Waals surface area (Å²) < 4.78 is 14.6. The van der Waals surface area contributed by atoms with E-state index in [2.05, 4.69) is 25.0 Å². The van der Waals surface area contributed by atoms with Crippen molar-refractivity contribution >= 4 is 11.0 Å². The molecule has 0 radical (unpaired) electrons. The first-order chi connectivity index (χ1) is 11.2. The first-order valence-corrected chi connectivity index (χ1v) is 7.02. The Morgan fingerprint density at radius 3 is 2.74 bits per heavy atom. The highest BCUT2D eigenvalue weighted by molar-refractivity contribution is 5.79. The van der Waals surface area contributed by atoms with Gasteiger partial charge in [0.1, 0.15) is 17.3 Å². The average molecular weight is 311 g/mol. The van der Waals surface area contributed by atoms with Crippen LogP contribution in [0.4, 0.5) is 4.39 Å². The second-order valence-corrected chi connectivity index (χ2v) is 5.35. The van der Waals surface area contributed by atoms with Gasteiger partial charge in [-0.2, -0.15) is 10.4 Å². The number of nitrogens with zero attached hydrogens (tertiary/aromatic N) is 6. The van der Waals surface area contributed by atoms with E-state index >= 15 is 0 Å². The Balaban J connectivity index is 1.81. The zero-order valence-corrected chi connectivity index (χ0v) is 11.8. The molecule has 1 saturated carbocycles. The number of rotatable bonds is 2. The molecule has 3 aromatic rings. The Labute approximate surface area is 128 Å². The van der Waals surface area contributed by atoms with Crippen LogP contribution in [0.15, 0.2) is 23.5 Å². The second-order valence-electron chi connectivity index (χ2n) is 5.35. The van der Waals surface area contributed by atoms with Gasteiger partial charge in [-0.05, 0) is 12.8 Å². The third-order valence-electron chi connectivity index (χ3n) is 4.12. The van der Waals surface area contributed by atoms with Gasteiger partial charge in [-0.15, -0.1) is 0 Å². The standard InChI is InChI=1S/C14H10FN7O/c15-7-4-17-12(18-5-7)8-1-2-10(8)22-13-11(9(3-16)21-22)14(23)20-6-19-13/h4-6,8,10H,1-2H2,(H,19,20,23)/t8-,10-/m0/s1. The van der Waals surface area contributed by atoms with Gasteiger partial charge in [0.15, 0.2) is 17.2 Å². The molecule has 3 heterocycles. The lowest BCUT2D eigenvalue weighted by molar-refractivity contribution is 0.232. The number of H-pyrrole nitrogens is 1. The van der Waals surface area contributed by atoms with E-state index in [1.54, 1.807) is 4.68 Å². The summed E-state index contributed by atoms with van der Waals surface area (Å²) in [5.41, 5.74) is 0.00819. The maximum atomic E-state index is 13.0. The minimum Gasteiger partial charge on any atom is -0.312 e. The summed E-state index contributed by atoms with van der Waals surface area (Å²) in [5, 5.41) is 13.6. The Morgan fingerprint density at radius 2 is 2.09 bits per heavy atom. The molecule has 23 heavy (non-hydrogen) atoms. The van der Waals surface area contributed by atoms with Crippen LogP contribution in [0, 0.1) is 17.1 Å². The topological polar surface area (TPSA) is 113 Å². The fraction of sp³-hybridized carbons (Fsp3) is 0.286. The molecule has 0 spiro atoms. The molecule has 8 nitrogen and oxygen atoms in total. The normalized spacial score (nSPS) is 20.2. The predicted octanol–water partition coefficient (Wildman–Crippen LogP) is 1.04. The van der Waals surface area contributed by atoms with Crippen LogP contribution in [-0.2, 0) is 0 Å². The molecule has 0 bridgehead atoms. The molecule has 0 aliphatic heterocycles. The van der Waals surface area contributed by atoms with Gasteiger partial charge in [-0.1, -0.05) is 0 Å². The molecule has 3 aromatic heterocycles. The predicted molar refractivity (Wildman–Crippen MR) is 75.9 cm³/mol. The van der Waals surface area contributed by atoms with E-state index < -0.39 is 11.4 Å². The van der Waals surface area contributed by atoms with Crippen molar-refractivity contribution in [1.29, 1.82) is 5.26 Å². The van der Waals surface area contributed by atoms with Gasteiger partial charge in [-0.25, -0.2) is 24.0 Å². The number of nitrogens with one attached hydrogen (secondary N) is 1. The van der Waals surface area contributed by atoms with E-state index in [1.165, 1.54) is 6.33 Å². The molecular weight excluding hydrogens is 301 g/mol. The summed E-state index contributed by atoms with van der Waals surface area (Å²) in [5.74, 6) is -0.0184. The molecule has 1 aliphatic carbocycles. The highest BCUT2D eigenvalue weighted by Crippen LogP contribution is 2.45. The zero-order valence-electron chi connectivity index (χ0n) is 11.8. The zero-order chi connectivity index (χ0) is 16.0. The van der Waals surface area contributed by atoms with Gasteiger partial charge in [0.25, 0.3) is 5.56 Å². The molecule has 9 heteroatoms. The number of hydrogen-bond donors (Lipinski definition) is 1. The van der Waals surface area contributed by atoms with Crippen LogP contribution < -0.4 is 5.56 Å². The summed E-state index contributed by atoms with van der Waals surface area (Å²) in [4.78, 5) is 26.6. The molecule has 0 unspecified atom stereocenters. The molecule has 4 rings (SSSR count). The molecule has 0 aromatic carbocycles. The summed E-state index contributed by atoms with van der Waals surface area (Å²) in [6.07, 6.45) is 5.15. The molecule has 2 atom stereocenters. The van der Waals surface area contributed by atoms with Crippen molar-refractivity contribution in [1.82, 2.24) is 29.7 Å². The maximum absolute atomic E-state index is 13.0. The van der Waals surface area contributed by atoms with Gasteiger partial charge in [0.2, 0.25) is 0 Å². The Bertz CT molecular complexity index is 985. The van der Waals surface area contributed by atoms with Gasteiger partial charge < -0.3 is 4.98 Å². The minimum atomic E-state index is -0.492. The smallest absolute Gasteiger partial charge is 0.263 e. The SMILES string of the molecule is N#Cc1nn([C@H]2CC[C@@H]2c2ncc(F)cn2)c2nc[nH]c(=O)c12. The van der Waals surface area contributed by atoms with E-state index in [4.69, 9.17) is 0 Å². The molecule has 0 saturated heterocycles. The summed E-state index contributed by atoms with van der Waals surface area (Å²) in [6.45, 7) is 0. The lowest BCUT2D eigenvalue weighted by Gasteiger charge is -2.35. The van der Waals surface area contributed by atoms with Crippen LogP contribution in [0.3, 0.4) is 0 Å². The fourth-order valence-electron chi connectivity index (χ4n) is 2.88. The molecule has 0 amide bonds. The van der Waals surface area contributed by atoms with E-state index in [0.29, 0.717) is 11.5 Å². The third-order valence-corrected chi connectivity index (χ3v) is 4.12. The third kappa shape index (κ3) is 1.99. The monoisotopic (exact) mass is 311 g/mol. The Kier molecular flexibility index (Phi) is 2.90. The first-order valence-electron chi connectivity index (χ1n) is 7.02. The number of nitriles is 1. The van der Waals surface area contributed by atoms with Crippen molar-refractivity contribution in [3.05, 3.63) is 46.4 Å². The van der Waals surface area contributed by atoms with E-state index in [9.17, 15) is 14.4 Å². The van der Waals surface area contributed by atoms with Crippen LogP contribution in [0.2, 0.25) is 0 Å². The summed E-state index contributed by atoms with van der Waals surface area (Å²) in [7, 11) is 0. The number of aromatic nitrogens is 6. The van der Waals surface area contributed by atoms with Crippen LogP contribution in [0.1, 0.15) is 36.3 Å². The van der Waals surface area contributed by atoms with Crippen molar-refractivity contribution < 1.29 is 4.39 Å². The highest BCUT2D eigenvalue weighted by Gasteiger charge is 2.38. The number of aromatic amines is 1. The number of halogens is 1. The highest BCUT2D eigenvalue weighted by atomic mass is 19.1. The van der Waals surface area contributed by atoms with Gasteiger partial charge in [-0.3, -0.25) is 4.79 Å². The van der Waals surface area contributed by atoms with Gasteiger partial charge in [0.05, 0.1) is 24.8 Å². The molecule has 1 aliphatic rings. The van der Waals surface area contributed by atoms with Crippen LogP contribution in [0.25, 0.3) is 11.0 Å². The summed E-state index contributed by atoms with van der Waals surface area (Å²) >= 11 is 0. The summed E-state index contributed by atoms with van der Waals surface area (Å²) in [6, 6.07) is 1.81. The fourth-order valence-corrected chi connectivity index (χ4v) is 2.88. The average Bonchev–Trinajstić information content (AvgIpc) is 2.88. The number of hydrogen-bond acceptors (Lipinski definition) is 6. The second kappa shape index (κ2) is 4.95. The Morgan fingerprint density at radius 1 is 1.30 bits per heavy atom. The van der Waals surface area contributed by atoms with Crippen LogP contribution in [0.5, 0.6) is 0 Å².